The third kappa shape index (κ3) is 6.31. The molecule has 0 radical (unpaired) electrons. The Hall–Kier alpha value is -4.69. The molecule has 194 valence electrons. The molecule has 1 aromatic carbocycles. The molecule has 0 saturated carbocycles. The number of nitrogens with one attached hydrogen (secondary N) is 1. The van der Waals surface area contributed by atoms with E-state index in [1.165, 1.54) is 18.1 Å². The summed E-state index contributed by atoms with van der Waals surface area (Å²) in [6.07, 6.45) is -2.51. The third-order valence-electron chi connectivity index (χ3n) is 4.84. The topological polar surface area (TPSA) is 152 Å². The van der Waals surface area contributed by atoms with Gasteiger partial charge in [-0.25, -0.2) is 14.8 Å². The van der Waals surface area contributed by atoms with Gasteiger partial charge in [-0.3, -0.25) is 4.98 Å². The summed E-state index contributed by atoms with van der Waals surface area (Å²) >= 11 is 0. The Kier molecular flexibility index (Phi) is 7.50. The number of amides is 1. The van der Waals surface area contributed by atoms with Gasteiger partial charge in [0, 0.05) is 24.2 Å². The van der Waals surface area contributed by atoms with Crippen LogP contribution in [0.25, 0.3) is 28.2 Å². The largest absolute Gasteiger partial charge is 0.493 e. The molecule has 3 aromatic heterocycles. The van der Waals surface area contributed by atoms with Gasteiger partial charge in [0.05, 0.1) is 19.2 Å². The van der Waals surface area contributed by atoms with Gasteiger partial charge in [0.1, 0.15) is 12.0 Å². The molecule has 0 atom stereocenters. The lowest BCUT2D eigenvalue weighted by Gasteiger charge is -2.13. The number of aromatic nitrogens is 6. The van der Waals surface area contributed by atoms with E-state index >= 15 is 0 Å². The molecule has 0 aliphatic rings. The van der Waals surface area contributed by atoms with Crippen LogP contribution in [0.5, 0.6) is 11.5 Å². The monoisotopic (exact) mass is 518 g/mol. The first-order valence-corrected chi connectivity index (χ1v) is 10.8. The van der Waals surface area contributed by atoms with Gasteiger partial charge >= 0.3 is 12.3 Å². The van der Waals surface area contributed by atoms with Gasteiger partial charge in [-0.15, -0.1) is 5.10 Å². The van der Waals surface area contributed by atoms with Crippen molar-refractivity contribution < 1.29 is 32.2 Å². The van der Waals surface area contributed by atoms with Crippen LogP contribution in [0.3, 0.4) is 0 Å². The van der Waals surface area contributed by atoms with Gasteiger partial charge < -0.3 is 25.3 Å². The Bertz CT molecular complexity index is 1380. The second-order valence-corrected chi connectivity index (χ2v) is 7.46. The molecule has 0 fully saturated rings. The lowest BCUT2D eigenvalue weighted by atomic mass is 10.2. The molecular weight excluding hydrogens is 497 g/mol. The molecule has 0 spiro atoms. The van der Waals surface area contributed by atoms with Gasteiger partial charge in [0.25, 0.3) is 0 Å². The molecule has 3 N–H and O–H groups in total. The van der Waals surface area contributed by atoms with Crippen LogP contribution >= 0.6 is 0 Å². The molecular formula is C22H21F3N8O4. The fraction of sp³-hybridized carbons (Fsp3) is 0.273. The lowest BCUT2D eigenvalue weighted by molar-refractivity contribution is -0.160. The number of carbonyl (C=O) groups excluding carboxylic acids is 1. The summed E-state index contributed by atoms with van der Waals surface area (Å²) in [4.78, 5) is 28.4. The highest BCUT2D eigenvalue weighted by Gasteiger charge is 2.29. The minimum Gasteiger partial charge on any atom is -0.493 e. The maximum absolute atomic E-state index is 12.1. The molecule has 0 aliphatic carbocycles. The van der Waals surface area contributed by atoms with E-state index in [0.29, 0.717) is 39.7 Å². The van der Waals surface area contributed by atoms with Crippen molar-refractivity contribution in [3.05, 3.63) is 42.9 Å². The fourth-order valence-corrected chi connectivity index (χ4v) is 3.22. The van der Waals surface area contributed by atoms with Crippen molar-refractivity contribution >= 4 is 22.9 Å². The number of hydrogen-bond donors (Lipinski definition) is 2. The Balaban J connectivity index is 1.49. The van der Waals surface area contributed by atoms with Crippen LogP contribution in [0.1, 0.15) is 6.42 Å². The zero-order chi connectivity index (χ0) is 26.4. The van der Waals surface area contributed by atoms with Crippen molar-refractivity contribution in [1.29, 1.82) is 0 Å². The summed E-state index contributed by atoms with van der Waals surface area (Å²) in [5.74, 6) is 1.47. The molecule has 1 amide bonds. The van der Waals surface area contributed by atoms with Crippen LogP contribution in [-0.2, 0) is 4.74 Å². The first-order valence-electron chi connectivity index (χ1n) is 10.8. The quantitative estimate of drug-likeness (QED) is 0.316. The molecule has 12 nitrogen and oxygen atoms in total. The average molecular weight is 518 g/mol. The number of methoxy groups -OCH3 is 1. The van der Waals surface area contributed by atoms with Gasteiger partial charge in [-0.05, 0) is 24.6 Å². The van der Waals surface area contributed by atoms with Gasteiger partial charge in [-0.2, -0.15) is 22.8 Å². The third-order valence-corrected chi connectivity index (χ3v) is 4.84. The zero-order valence-electron chi connectivity index (χ0n) is 19.4. The first kappa shape index (κ1) is 25.4. The SMILES string of the molecule is COc1cc2ncnc(-n3nc(-c4ccccn4)nc3N)c2cc1OCCCNC(=O)OCC(F)(F)F. The average Bonchev–Trinajstić information content (AvgIpc) is 3.27. The number of nitrogens with two attached hydrogens (primary N) is 1. The van der Waals surface area contributed by atoms with E-state index in [1.54, 1.807) is 36.5 Å². The van der Waals surface area contributed by atoms with Crippen molar-refractivity contribution in [3.8, 4) is 28.8 Å². The van der Waals surface area contributed by atoms with Crippen molar-refractivity contribution in [3.63, 3.8) is 0 Å². The molecule has 0 bridgehead atoms. The van der Waals surface area contributed by atoms with E-state index in [-0.39, 0.29) is 25.5 Å². The Morgan fingerprint density at radius 3 is 2.73 bits per heavy atom. The molecule has 4 rings (SSSR count). The number of hydrogen-bond acceptors (Lipinski definition) is 10. The highest BCUT2D eigenvalue weighted by Crippen LogP contribution is 2.34. The molecule has 37 heavy (non-hydrogen) atoms. The molecule has 15 heteroatoms. The van der Waals surface area contributed by atoms with Crippen LogP contribution < -0.4 is 20.5 Å². The number of pyridine rings is 1. The highest BCUT2D eigenvalue weighted by molar-refractivity contribution is 5.88. The summed E-state index contributed by atoms with van der Waals surface area (Å²) in [6, 6.07) is 8.62. The van der Waals surface area contributed by atoms with Crippen molar-refractivity contribution in [1.82, 2.24) is 35.0 Å². The lowest BCUT2D eigenvalue weighted by Crippen LogP contribution is -2.30. The van der Waals surface area contributed by atoms with E-state index in [0.717, 1.165) is 0 Å². The summed E-state index contributed by atoms with van der Waals surface area (Å²) in [5.41, 5.74) is 7.18. The predicted octanol–water partition coefficient (Wildman–Crippen LogP) is 2.92. The zero-order valence-corrected chi connectivity index (χ0v) is 19.4. The molecule has 0 unspecified atom stereocenters. The summed E-state index contributed by atoms with van der Waals surface area (Å²) in [6.45, 7) is -1.51. The number of ether oxygens (including phenoxy) is 3. The van der Waals surface area contributed by atoms with Crippen LogP contribution in [-0.4, -0.2) is 68.9 Å². The van der Waals surface area contributed by atoms with Crippen LogP contribution in [0.2, 0.25) is 0 Å². The van der Waals surface area contributed by atoms with Crippen molar-refractivity contribution in [2.24, 2.45) is 0 Å². The fourth-order valence-electron chi connectivity index (χ4n) is 3.22. The Labute approximate surface area is 207 Å². The number of alkyl halides is 3. The predicted molar refractivity (Wildman–Crippen MR) is 124 cm³/mol. The van der Waals surface area contributed by atoms with Crippen molar-refractivity contribution in [2.75, 3.05) is 32.6 Å². The molecule has 4 aromatic rings. The number of benzene rings is 1. The standard InChI is InChI=1S/C22H21F3N8O4/c1-35-16-10-15-13(9-17(16)36-8-4-7-28-21(34)37-11-22(23,24)25)19(30-12-29-15)33-20(26)31-18(32-33)14-5-2-3-6-27-14/h2-3,5-6,9-10,12H,4,7-8,11H2,1H3,(H,28,34)(H2,26,31,32). The number of anilines is 1. The van der Waals surface area contributed by atoms with E-state index in [9.17, 15) is 18.0 Å². The first-order chi connectivity index (χ1) is 17.7. The Morgan fingerprint density at radius 2 is 2.00 bits per heavy atom. The van der Waals surface area contributed by atoms with Crippen LogP contribution in [0.4, 0.5) is 23.9 Å². The van der Waals surface area contributed by atoms with Gasteiger partial charge in [0.2, 0.25) is 11.8 Å². The number of nitrogens with zero attached hydrogens (tertiary/aromatic N) is 6. The molecule has 3 heterocycles. The molecule has 0 saturated heterocycles. The Morgan fingerprint density at radius 1 is 1.16 bits per heavy atom. The number of rotatable bonds is 9. The van der Waals surface area contributed by atoms with E-state index in [1.807, 2.05) is 0 Å². The maximum Gasteiger partial charge on any atom is 0.422 e. The summed E-state index contributed by atoms with van der Waals surface area (Å²) < 4.78 is 52.9. The van der Waals surface area contributed by atoms with E-state index < -0.39 is 18.9 Å². The summed E-state index contributed by atoms with van der Waals surface area (Å²) in [7, 11) is 1.46. The number of halogens is 3. The van der Waals surface area contributed by atoms with E-state index in [2.05, 4.69) is 35.1 Å². The normalized spacial score (nSPS) is 11.4. The minimum atomic E-state index is -4.59. The van der Waals surface area contributed by atoms with Gasteiger partial charge in [0.15, 0.2) is 23.9 Å². The molecule has 0 aliphatic heterocycles. The smallest absolute Gasteiger partial charge is 0.422 e. The second kappa shape index (κ2) is 10.9. The number of carbonyl (C=O) groups is 1. The van der Waals surface area contributed by atoms with Crippen molar-refractivity contribution in [2.45, 2.75) is 12.6 Å². The van der Waals surface area contributed by atoms with E-state index in [4.69, 9.17) is 15.2 Å². The van der Waals surface area contributed by atoms with Gasteiger partial charge in [-0.1, -0.05) is 6.07 Å². The number of nitrogen functional groups attached to an aromatic ring is 1. The second-order valence-electron chi connectivity index (χ2n) is 7.46. The summed E-state index contributed by atoms with van der Waals surface area (Å²) in [5, 5.41) is 7.20. The van der Waals surface area contributed by atoms with Crippen LogP contribution in [0.15, 0.2) is 42.9 Å². The number of fused-ring (bicyclic) bond motifs is 1. The maximum atomic E-state index is 12.1. The minimum absolute atomic E-state index is 0.0345. The number of alkyl carbamates (subject to hydrolysis) is 1. The highest BCUT2D eigenvalue weighted by atomic mass is 19.4. The van der Waals surface area contributed by atoms with Crippen LogP contribution in [0, 0.1) is 0 Å².